The molecule has 0 rings (SSSR count). The van der Waals surface area contributed by atoms with Crippen LogP contribution in [0, 0.1) is 0 Å². The first-order valence-electron chi connectivity index (χ1n) is 4.73. The summed E-state index contributed by atoms with van der Waals surface area (Å²) in [7, 11) is -3.13. The Hall–Kier alpha value is -0.270. The van der Waals surface area contributed by atoms with Crippen LogP contribution in [0.2, 0.25) is 0 Å². The number of nitrogens with one attached hydrogen (secondary N) is 1. The SMILES string of the molecule is CCCS(=O)(=O)CCNCC(F)(F)CO. The topological polar surface area (TPSA) is 66.4 Å². The van der Waals surface area contributed by atoms with Crippen molar-refractivity contribution in [1.29, 1.82) is 0 Å². The second-order valence-corrected chi connectivity index (χ2v) is 5.65. The number of sulfone groups is 1. The van der Waals surface area contributed by atoms with Crippen LogP contribution in [0.5, 0.6) is 0 Å². The van der Waals surface area contributed by atoms with Crippen LogP contribution in [0.15, 0.2) is 0 Å². The minimum absolute atomic E-state index is 0.0159. The van der Waals surface area contributed by atoms with Gasteiger partial charge in [0, 0.05) is 12.3 Å². The molecule has 0 aliphatic carbocycles. The molecule has 0 saturated carbocycles. The molecule has 2 N–H and O–H groups in total. The number of hydrogen-bond acceptors (Lipinski definition) is 4. The Balaban J connectivity index is 3.72. The van der Waals surface area contributed by atoms with Gasteiger partial charge < -0.3 is 10.4 Å². The molecule has 0 aliphatic rings. The lowest BCUT2D eigenvalue weighted by Gasteiger charge is -2.13. The number of aliphatic hydroxyl groups excluding tert-OH is 1. The van der Waals surface area contributed by atoms with Crippen LogP contribution in [-0.2, 0) is 9.84 Å². The van der Waals surface area contributed by atoms with Crippen molar-refractivity contribution in [3.8, 4) is 0 Å². The summed E-state index contributed by atoms with van der Waals surface area (Å²) < 4.78 is 47.2. The third kappa shape index (κ3) is 7.64. The Morgan fingerprint density at radius 2 is 1.93 bits per heavy atom. The van der Waals surface area contributed by atoms with Gasteiger partial charge in [-0.3, -0.25) is 0 Å². The highest BCUT2D eigenvalue weighted by Crippen LogP contribution is 2.09. The quantitative estimate of drug-likeness (QED) is 0.592. The molecule has 0 spiro atoms. The van der Waals surface area contributed by atoms with Crippen molar-refractivity contribution in [3.63, 3.8) is 0 Å². The van der Waals surface area contributed by atoms with E-state index >= 15 is 0 Å². The van der Waals surface area contributed by atoms with Gasteiger partial charge in [0.25, 0.3) is 5.92 Å². The van der Waals surface area contributed by atoms with Crippen molar-refractivity contribution >= 4 is 9.84 Å². The standard InChI is InChI=1S/C8H17F2NO3S/c1-2-4-15(13,14)5-3-11-6-8(9,10)7-12/h11-12H,2-7H2,1H3. The zero-order chi connectivity index (χ0) is 11.9. The van der Waals surface area contributed by atoms with Crippen molar-refractivity contribution in [2.45, 2.75) is 19.3 Å². The fourth-order valence-electron chi connectivity index (χ4n) is 0.968. The maximum absolute atomic E-state index is 12.5. The van der Waals surface area contributed by atoms with Gasteiger partial charge in [-0.05, 0) is 6.42 Å². The molecule has 7 heteroatoms. The van der Waals surface area contributed by atoms with Gasteiger partial charge in [-0.15, -0.1) is 0 Å². The highest BCUT2D eigenvalue weighted by molar-refractivity contribution is 7.91. The molecule has 0 fully saturated rings. The first-order chi connectivity index (χ1) is 6.83. The van der Waals surface area contributed by atoms with Crippen molar-refractivity contribution in [3.05, 3.63) is 0 Å². The van der Waals surface area contributed by atoms with Gasteiger partial charge in [0.05, 0.1) is 12.3 Å². The van der Waals surface area contributed by atoms with Crippen molar-refractivity contribution in [2.75, 3.05) is 31.2 Å². The lowest BCUT2D eigenvalue weighted by Crippen LogP contribution is -2.38. The Morgan fingerprint density at radius 3 is 2.40 bits per heavy atom. The van der Waals surface area contributed by atoms with Gasteiger partial charge in [-0.1, -0.05) is 6.92 Å². The molecule has 0 aromatic heterocycles. The van der Waals surface area contributed by atoms with Gasteiger partial charge >= 0.3 is 0 Å². The fourth-order valence-corrected chi connectivity index (χ4v) is 2.25. The van der Waals surface area contributed by atoms with Crippen molar-refractivity contribution in [1.82, 2.24) is 5.32 Å². The third-order valence-electron chi connectivity index (χ3n) is 1.72. The fraction of sp³-hybridized carbons (Fsp3) is 1.00. The highest BCUT2D eigenvalue weighted by atomic mass is 32.2. The zero-order valence-corrected chi connectivity index (χ0v) is 9.49. The summed E-state index contributed by atoms with van der Waals surface area (Å²) in [6.07, 6.45) is 0.523. The molecule has 0 heterocycles. The van der Waals surface area contributed by atoms with Crippen molar-refractivity contribution < 1.29 is 22.3 Å². The molecule has 92 valence electrons. The molecule has 0 aliphatic heterocycles. The average Bonchev–Trinajstić information content (AvgIpc) is 2.13. The Bertz CT molecular complexity index is 267. The molecule has 0 aromatic rings. The molecule has 0 atom stereocenters. The summed E-state index contributed by atoms with van der Waals surface area (Å²) in [6.45, 7) is -0.213. The van der Waals surface area contributed by atoms with Gasteiger partial charge in [-0.2, -0.15) is 0 Å². The second-order valence-electron chi connectivity index (χ2n) is 3.34. The minimum Gasteiger partial charge on any atom is -0.390 e. The predicted molar refractivity (Wildman–Crippen MR) is 53.8 cm³/mol. The van der Waals surface area contributed by atoms with Crippen LogP contribution in [0.3, 0.4) is 0 Å². The van der Waals surface area contributed by atoms with Gasteiger partial charge in [0.15, 0.2) is 9.84 Å². The van der Waals surface area contributed by atoms with Crippen LogP contribution >= 0.6 is 0 Å². The average molecular weight is 245 g/mol. The Labute approximate surface area is 88.6 Å². The van der Waals surface area contributed by atoms with Crippen molar-refractivity contribution in [2.24, 2.45) is 0 Å². The maximum Gasteiger partial charge on any atom is 0.282 e. The monoisotopic (exact) mass is 245 g/mol. The van der Waals surface area contributed by atoms with Gasteiger partial charge in [0.2, 0.25) is 0 Å². The minimum atomic E-state index is -3.19. The number of aliphatic hydroxyl groups is 1. The van der Waals surface area contributed by atoms with Gasteiger partial charge in [0.1, 0.15) is 6.61 Å². The molecular weight excluding hydrogens is 228 g/mol. The summed E-state index contributed by atoms with van der Waals surface area (Å²) in [5.74, 6) is -3.26. The second kappa shape index (κ2) is 6.34. The molecule has 0 unspecified atom stereocenters. The molecule has 0 saturated heterocycles. The van der Waals surface area contributed by atoms with E-state index in [0.29, 0.717) is 6.42 Å². The summed E-state index contributed by atoms with van der Waals surface area (Å²) in [4.78, 5) is 0. The van der Waals surface area contributed by atoms with E-state index in [2.05, 4.69) is 5.32 Å². The van der Waals surface area contributed by atoms with E-state index in [4.69, 9.17) is 5.11 Å². The van der Waals surface area contributed by atoms with E-state index in [1.54, 1.807) is 6.92 Å². The Morgan fingerprint density at radius 1 is 1.33 bits per heavy atom. The Kier molecular flexibility index (Phi) is 6.23. The lowest BCUT2D eigenvalue weighted by molar-refractivity contribution is -0.0471. The predicted octanol–water partition coefficient (Wildman–Crippen LogP) is 0.0284. The first-order valence-corrected chi connectivity index (χ1v) is 6.55. The largest absolute Gasteiger partial charge is 0.390 e. The summed E-state index contributed by atoms with van der Waals surface area (Å²) in [5, 5.41) is 10.5. The number of hydrogen-bond donors (Lipinski definition) is 2. The smallest absolute Gasteiger partial charge is 0.282 e. The van der Waals surface area contributed by atoms with E-state index in [-0.39, 0.29) is 18.1 Å². The zero-order valence-electron chi connectivity index (χ0n) is 8.67. The van der Waals surface area contributed by atoms with Crippen LogP contribution in [0.25, 0.3) is 0 Å². The van der Waals surface area contributed by atoms with Gasteiger partial charge in [-0.25, -0.2) is 17.2 Å². The molecule has 15 heavy (non-hydrogen) atoms. The molecule has 4 nitrogen and oxygen atoms in total. The summed E-state index contributed by atoms with van der Waals surface area (Å²) in [6, 6.07) is 0. The van der Waals surface area contributed by atoms with E-state index in [9.17, 15) is 17.2 Å². The van der Waals surface area contributed by atoms with Crippen LogP contribution in [0.1, 0.15) is 13.3 Å². The maximum atomic E-state index is 12.5. The number of rotatable bonds is 8. The summed E-state index contributed by atoms with van der Waals surface area (Å²) >= 11 is 0. The first kappa shape index (κ1) is 14.7. The summed E-state index contributed by atoms with van der Waals surface area (Å²) in [5.41, 5.74) is 0. The van der Waals surface area contributed by atoms with Crippen LogP contribution in [0.4, 0.5) is 8.78 Å². The normalized spacial score (nSPS) is 13.1. The van der Waals surface area contributed by atoms with E-state index < -0.39 is 28.9 Å². The number of halogens is 2. The molecule has 0 radical (unpaired) electrons. The van der Waals surface area contributed by atoms with E-state index in [1.807, 2.05) is 0 Å². The lowest BCUT2D eigenvalue weighted by atomic mass is 10.3. The molecule has 0 bridgehead atoms. The molecular formula is C8H17F2NO3S. The third-order valence-corrected chi connectivity index (χ3v) is 3.58. The van der Waals surface area contributed by atoms with Crippen LogP contribution < -0.4 is 5.32 Å². The van der Waals surface area contributed by atoms with E-state index in [1.165, 1.54) is 0 Å². The molecule has 0 amide bonds. The van der Waals surface area contributed by atoms with Crippen LogP contribution in [-0.4, -0.2) is 50.6 Å². The highest BCUT2D eigenvalue weighted by Gasteiger charge is 2.26. The molecule has 0 aromatic carbocycles. The number of alkyl halides is 2. The van der Waals surface area contributed by atoms with E-state index in [0.717, 1.165) is 0 Å².